The first-order valence-electron chi connectivity index (χ1n) is 5.42. The summed E-state index contributed by atoms with van der Waals surface area (Å²) in [6.07, 6.45) is 4.02. The van der Waals surface area contributed by atoms with Gasteiger partial charge in [-0.25, -0.2) is 0 Å². The van der Waals surface area contributed by atoms with Gasteiger partial charge in [0, 0.05) is 12.2 Å². The van der Waals surface area contributed by atoms with Crippen molar-refractivity contribution in [2.75, 3.05) is 7.05 Å². The van der Waals surface area contributed by atoms with Gasteiger partial charge in [0.25, 0.3) is 0 Å². The van der Waals surface area contributed by atoms with Gasteiger partial charge in [-0.3, -0.25) is 4.98 Å². The molecule has 0 aliphatic carbocycles. The van der Waals surface area contributed by atoms with Crippen LogP contribution in [0, 0.1) is 5.92 Å². The molecule has 1 unspecified atom stereocenters. The van der Waals surface area contributed by atoms with Crippen LogP contribution >= 0.6 is 11.6 Å². The maximum absolute atomic E-state index is 5.80. The maximum atomic E-state index is 5.80. The van der Waals surface area contributed by atoms with Crippen molar-refractivity contribution >= 4 is 11.6 Å². The van der Waals surface area contributed by atoms with E-state index in [1.165, 1.54) is 6.42 Å². The fourth-order valence-corrected chi connectivity index (χ4v) is 1.65. The average molecular weight is 227 g/mol. The van der Waals surface area contributed by atoms with Crippen LogP contribution < -0.4 is 5.32 Å². The van der Waals surface area contributed by atoms with Crippen molar-refractivity contribution in [2.45, 2.75) is 32.7 Å². The number of rotatable bonds is 5. The van der Waals surface area contributed by atoms with Gasteiger partial charge in [-0.15, -0.1) is 0 Å². The van der Waals surface area contributed by atoms with Crippen LogP contribution in [0.2, 0.25) is 5.02 Å². The summed E-state index contributed by atoms with van der Waals surface area (Å²) in [4.78, 5) is 4.33. The summed E-state index contributed by atoms with van der Waals surface area (Å²) in [6, 6.07) is 4.22. The Hall–Kier alpha value is -0.600. The Labute approximate surface area is 97.1 Å². The number of aromatic nitrogens is 1. The number of nitrogens with zero attached hydrogens (tertiary/aromatic N) is 1. The smallest absolute Gasteiger partial charge is 0.0589 e. The molecular formula is C12H19ClN2. The van der Waals surface area contributed by atoms with Gasteiger partial charge < -0.3 is 5.32 Å². The molecule has 0 radical (unpaired) electrons. The third kappa shape index (κ3) is 4.18. The number of hydrogen-bond donors (Lipinski definition) is 1. The molecule has 15 heavy (non-hydrogen) atoms. The Morgan fingerprint density at radius 3 is 2.53 bits per heavy atom. The molecule has 0 fully saturated rings. The lowest BCUT2D eigenvalue weighted by molar-refractivity contribution is 0.458. The highest BCUT2D eigenvalue weighted by molar-refractivity contribution is 6.30. The van der Waals surface area contributed by atoms with Crippen LogP contribution in [-0.2, 0) is 0 Å². The van der Waals surface area contributed by atoms with Gasteiger partial charge in [0.2, 0.25) is 0 Å². The summed E-state index contributed by atoms with van der Waals surface area (Å²) in [5, 5.41) is 3.98. The second-order valence-electron chi connectivity index (χ2n) is 4.21. The summed E-state index contributed by atoms with van der Waals surface area (Å²) in [6.45, 7) is 4.48. The number of halogens is 1. The highest BCUT2D eigenvalue weighted by atomic mass is 35.5. The van der Waals surface area contributed by atoms with Crippen LogP contribution in [-0.4, -0.2) is 12.0 Å². The normalized spacial score (nSPS) is 13.1. The van der Waals surface area contributed by atoms with Crippen molar-refractivity contribution in [1.29, 1.82) is 0 Å². The lowest BCUT2D eigenvalue weighted by Crippen LogP contribution is -2.18. The largest absolute Gasteiger partial charge is 0.312 e. The van der Waals surface area contributed by atoms with E-state index in [9.17, 15) is 0 Å². The van der Waals surface area contributed by atoms with Crippen LogP contribution in [0.3, 0.4) is 0 Å². The lowest BCUT2D eigenvalue weighted by atomic mass is 10.0. The first-order chi connectivity index (χ1) is 7.13. The third-order valence-corrected chi connectivity index (χ3v) is 2.71. The highest BCUT2D eigenvalue weighted by Gasteiger charge is 2.10. The molecule has 0 aliphatic heterocycles. The molecule has 0 saturated carbocycles. The summed E-state index contributed by atoms with van der Waals surface area (Å²) >= 11 is 5.80. The molecule has 0 aliphatic rings. The van der Waals surface area contributed by atoms with Crippen molar-refractivity contribution in [3.8, 4) is 0 Å². The summed E-state index contributed by atoms with van der Waals surface area (Å²) in [5.74, 6) is 0.730. The second kappa shape index (κ2) is 6.09. The molecule has 1 N–H and O–H groups in total. The van der Waals surface area contributed by atoms with Crippen molar-refractivity contribution in [2.24, 2.45) is 5.92 Å². The molecule has 84 valence electrons. The topological polar surface area (TPSA) is 24.9 Å². The molecule has 0 spiro atoms. The van der Waals surface area contributed by atoms with E-state index in [1.54, 1.807) is 6.20 Å². The zero-order valence-electron chi connectivity index (χ0n) is 9.63. The predicted molar refractivity (Wildman–Crippen MR) is 65.1 cm³/mol. The molecular weight excluding hydrogens is 208 g/mol. The Bertz CT molecular complexity index is 282. The fraction of sp³-hybridized carbons (Fsp3) is 0.583. The van der Waals surface area contributed by atoms with Crippen LogP contribution in [0.15, 0.2) is 18.3 Å². The zero-order valence-corrected chi connectivity index (χ0v) is 10.4. The lowest BCUT2D eigenvalue weighted by Gasteiger charge is -2.16. The monoisotopic (exact) mass is 226 g/mol. The van der Waals surface area contributed by atoms with E-state index in [1.807, 2.05) is 19.2 Å². The summed E-state index contributed by atoms with van der Waals surface area (Å²) < 4.78 is 0. The minimum atomic E-state index is 0.338. The van der Waals surface area contributed by atoms with E-state index in [0.29, 0.717) is 11.1 Å². The summed E-state index contributed by atoms with van der Waals surface area (Å²) in [5.41, 5.74) is 1.07. The van der Waals surface area contributed by atoms with E-state index < -0.39 is 0 Å². The van der Waals surface area contributed by atoms with E-state index in [0.717, 1.165) is 18.0 Å². The van der Waals surface area contributed by atoms with Gasteiger partial charge in [0.05, 0.1) is 10.7 Å². The Kier molecular flexibility index (Phi) is 5.06. The van der Waals surface area contributed by atoms with Gasteiger partial charge in [-0.2, -0.15) is 0 Å². The number of hydrogen-bond acceptors (Lipinski definition) is 2. The molecule has 1 rings (SSSR count). The van der Waals surface area contributed by atoms with Crippen molar-refractivity contribution in [3.05, 3.63) is 29.0 Å². The maximum Gasteiger partial charge on any atom is 0.0589 e. The predicted octanol–water partition coefficient (Wildman–Crippen LogP) is 3.43. The average Bonchev–Trinajstić information content (AvgIpc) is 2.21. The molecule has 1 aromatic rings. The van der Waals surface area contributed by atoms with Gasteiger partial charge >= 0.3 is 0 Å². The highest BCUT2D eigenvalue weighted by Crippen LogP contribution is 2.19. The minimum Gasteiger partial charge on any atom is -0.312 e. The van der Waals surface area contributed by atoms with E-state index in [4.69, 9.17) is 11.6 Å². The first-order valence-corrected chi connectivity index (χ1v) is 5.80. The van der Waals surface area contributed by atoms with Gasteiger partial charge in [-0.05, 0) is 37.9 Å². The van der Waals surface area contributed by atoms with Crippen LogP contribution in [0.1, 0.15) is 38.4 Å². The molecule has 1 atom stereocenters. The Morgan fingerprint density at radius 2 is 2.07 bits per heavy atom. The van der Waals surface area contributed by atoms with E-state index in [2.05, 4.69) is 24.1 Å². The van der Waals surface area contributed by atoms with Gasteiger partial charge in [0.15, 0.2) is 0 Å². The van der Waals surface area contributed by atoms with Gasteiger partial charge in [0.1, 0.15) is 0 Å². The minimum absolute atomic E-state index is 0.338. The molecule has 2 nitrogen and oxygen atoms in total. The van der Waals surface area contributed by atoms with Gasteiger partial charge in [-0.1, -0.05) is 25.4 Å². The molecule has 0 saturated heterocycles. The van der Waals surface area contributed by atoms with Crippen LogP contribution in [0.5, 0.6) is 0 Å². The number of pyridine rings is 1. The quantitative estimate of drug-likeness (QED) is 0.832. The first kappa shape index (κ1) is 12.5. The van der Waals surface area contributed by atoms with Crippen molar-refractivity contribution < 1.29 is 0 Å². The second-order valence-corrected chi connectivity index (χ2v) is 4.65. The molecule has 1 heterocycles. The summed E-state index contributed by atoms with van der Waals surface area (Å²) in [7, 11) is 1.97. The molecule has 1 aromatic heterocycles. The van der Waals surface area contributed by atoms with Crippen molar-refractivity contribution in [3.63, 3.8) is 0 Å². The number of nitrogens with one attached hydrogen (secondary N) is 1. The van der Waals surface area contributed by atoms with Crippen molar-refractivity contribution in [1.82, 2.24) is 10.3 Å². The molecule has 0 bridgehead atoms. The van der Waals surface area contributed by atoms with Crippen LogP contribution in [0.25, 0.3) is 0 Å². The van der Waals surface area contributed by atoms with E-state index >= 15 is 0 Å². The van der Waals surface area contributed by atoms with Crippen LogP contribution in [0.4, 0.5) is 0 Å². The molecule has 0 amide bonds. The Morgan fingerprint density at radius 1 is 1.33 bits per heavy atom. The SMILES string of the molecule is CNC(CCC(C)C)c1ccc(Cl)cn1. The third-order valence-electron chi connectivity index (χ3n) is 2.49. The molecule has 3 heteroatoms. The zero-order chi connectivity index (χ0) is 11.3. The molecule has 0 aromatic carbocycles. The fourth-order valence-electron chi connectivity index (χ4n) is 1.53. The standard InChI is InChI=1S/C12H19ClN2/c1-9(2)4-6-11(14-3)12-7-5-10(13)8-15-12/h5,7-9,11,14H,4,6H2,1-3H3. The Balaban J connectivity index is 2.61. The van der Waals surface area contributed by atoms with E-state index in [-0.39, 0.29) is 0 Å².